The second-order valence-corrected chi connectivity index (χ2v) is 6.01. The standard InChI is InChI=1S/C17H24N2O/c1-12(2)19(13(3)4)17(20)16-11-18(5)10-14-8-6-7-9-15(14)16/h6-9,11-13H,10H2,1-5H3. The highest BCUT2D eigenvalue weighted by Gasteiger charge is 2.27. The fourth-order valence-electron chi connectivity index (χ4n) is 2.90. The van der Waals surface area contributed by atoms with Crippen LogP contribution >= 0.6 is 0 Å². The third-order valence-corrected chi connectivity index (χ3v) is 3.65. The first-order chi connectivity index (χ1) is 9.41. The summed E-state index contributed by atoms with van der Waals surface area (Å²) in [4.78, 5) is 16.9. The number of carbonyl (C=O) groups is 1. The van der Waals surface area contributed by atoms with E-state index in [0.29, 0.717) is 0 Å². The van der Waals surface area contributed by atoms with Gasteiger partial charge in [0.2, 0.25) is 0 Å². The van der Waals surface area contributed by atoms with E-state index in [-0.39, 0.29) is 18.0 Å². The van der Waals surface area contributed by atoms with Crippen molar-refractivity contribution >= 4 is 11.5 Å². The summed E-state index contributed by atoms with van der Waals surface area (Å²) in [5.74, 6) is 0.119. The van der Waals surface area contributed by atoms with Crippen LogP contribution in [0.5, 0.6) is 0 Å². The molecule has 0 unspecified atom stereocenters. The summed E-state index contributed by atoms with van der Waals surface area (Å²) >= 11 is 0. The number of carbonyl (C=O) groups excluding carboxylic acids is 1. The zero-order chi connectivity index (χ0) is 14.9. The molecular formula is C17H24N2O. The minimum absolute atomic E-state index is 0.119. The SMILES string of the molecule is CC(C)N(C(=O)C1=CN(C)Cc2ccccc21)C(C)C. The van der Waals surface area contributed by atoms with E-state index in [9.17, 15) is 4.79 Å². The van der Waals surface area contributed by atoms with E-state index in [1.807, 2.05) is 36.3 Å². The van der Waals surface area contributed by atoms with Crippen LogP contribution in [0.15, 0.2) is 30.5 Å². The summed E-state index contributed by atoms with van der Waals surface area (Å²) in [7, 11) is 2.01. The van der Waals surface area contributed by atoms with Gasteiger partial charge >= 0.3 is 0 Å². The lowest BCUT2D eigenvalue weighted by molar-refractivity contribution is -0.128. The summed E-state index contributed by atoms with van der Waals surface area (Å²) in [6.07, 6.45) is 1.97. The van der Waals surface area contributed by atoms with Gasteiger partial charge in [-0.1, -0.05) is 24.3 Å². The zero-order valence-corrected chi connectivity index (χ0v) is 13.1. The Bertz CT molecular complexity index is 524. The lowest BCUT2D eigenvalue weighted by Gasteiger charge is -2.34. The summed E-state index contributed by atoms with van der Waals surface area (Å²) in [6, 6.07) is 8.57. The Hall–Kier alpha value is -1.77. The molecule has 1 aromatic carbocycles. The number of fused-ring (bicyclic) bond motifs is 1. The van der Waals surface area contributed by atoms with Crippen LogP contribution in [0.3, 0.4) is 0 Å². The number of hydrogen-bond acceptors (Lipinski definition) is 2. The van der Waals surface area contributed by atoms with Crippen LogP contribution in [0, 0.1) is 0 Å². The van der Waals surface area contributed by atoms with E-state index in [4.69, 9.17) is 0 Å². The minimum atomic E-state index is 0.119. The van der Waals surface area contributed by atoms with E-state index < -0.39 is 0 Å². The molecular weight excluding hydrogens is 248 g/mol. The third-order valence-electron chi connectivity index (χ3n) is 3.65. The Balaban J connectivity index is 2.42. The zero-order valence-electron chi connectivity index (χ0n) is 13.1. The van der Waals surface area contributed by atoms with Gasteiger partial charge < -0.3 is 9.80 Å². The van der Waals surface area contributed by atoms with Crippen molar-refractivity contribution in [3.8, 4) is 0 Å². The highest BCUT2D eigenvalue weighted by Crippen LogP contribution is 2.28. The van der Waals surface area contributed by atoms with Crippen molar-refractivity contribution in [3.05, 3.63) is 41.6 Å². The largest absolute Gasteiger partial charge is 0.375 e. The first-order valence-corrected chi connectivity index (χ1v) is 7.24. The van der Waals surface area contributed by atoms with Crippen LogP contribution in [0.4, 0.5) is 0 Å². The van der Waals surface area contributed by atoms with Crippen molar-refractivity contribution in [2.24, 2.45) is 0 Å². The van der Waals surface area contributed by atoms with Gasteiger partial charge in [-0.15, -0.1) is 0 Å². The van der Waals surface area contributed by atoms with Crippen LogP contribution in [0.25, 0.3) is 5.57 Å². The van der Waals surface area contributed by atoms with E-state index in [0.717, 1.165) is 17.7 Å². The predicted octanol–water partition coefficient (Wildman–Crippen LogP) is 3.12. The molecule has 20 heavy (non-hydrogen) atoms. The van der Waals surface area contributed by atoms with Gasteiger partial charge in [0.15, 0.2) is 0 Å². The fourth-order valence-corrected chi connectivity index (χ4v) is 2.90. The molecule has 0 aliphatic carbocycles. The highest BCUT2D eigenvalue weighted by molar-refractivity contribution is 6.20. The van der Waals surface area contributed by atoms with E-state index in [1.165, 1.54) is 5.56 Å². The Kier molecular flexibility index (Phi) is 4.17. The number of hydrogen-bond donors (Lipinski definition) is 0. The molecule has 0 saturated carbocycles. The van der Waals surface area contributed by atoms with Gasteiger partial charge in [0.05, 0.1) is 5.57 Å². The first kappa shape index (κ1) is 14.6. The normalized spacial score (nSPS) is 14.3. The molecule has 0 aromatic heterocycles. The lowest BCUT2D eigenvalue weighted by atomic mass is 9.95. The third kappa shape index (κ3) is 2.72. The molecule has 108 valence electrons. The highest BCUT2D eigenvalue weighted by atomic mass is 16.2. The first-order valence-electron chi connectivity index (χ1n) is 7.24. The number of nitrogens with zero attached hydrogens (tertiary/aromatic N) is 2. The van der Waals surface area contributed by atoms with Crippen LogP contribution in [-0.2, 0) is 11.3 Å². The Labute approximate surface area is 121 Å². The molecule has 0 fully saturated rings. The van der Waals surface area contributed by atoms with Crippen molar-refractivity contribution in [1.82, 2.24) is 9.80 Å². The Morgan fingerprint density at radius 1 is 1.15 bits per heavy atom. The maximum absolute atomic E-state index is 12.9. The number of amides is 1. The summed E-state index contributed by atoms with van der Waals surface area (Å²) in [5.41, 5.74) is 3.09. The molecule has 1 aliphatic rings. The minimum Gasteiger partial charge on any atom is -0.375 e. The average molecular weight is 272 g/mol. The molecule has 1 heterocycles. The van der Waals surface area contributed by atoms with E-state index in [2.05, 4.69) is 38.7 Å². The van der Waals surface area contributed by atoms with Gasteiger partial charge in [0, 0.05) is 31.9 Å². The average Bonchev–Trinajstić information content (AvgIpc) is 2.36. The molecule has 1 aliphatic heterocycles. The van der Waals surface area contributed by atoms with Crippen molar-refractivity contribution in [1.29, 1.82) is 0 Å². The molecule has 2 rings (SSSR count). The summed E-state index contributed by atoms with van der Waals surface area (Å²) in [6.45, 7) is 9.12. The quantitative estimate of drug-likeness (QED) is 0.844. The maximum Gasteiger partial charge on any atom is 0.256 e. The molecule has 1 amide bonds. The van der Waals surface area contributed by atoms with Gasteiger partial charge in [-0.05, 0) is 38.8 Å². The Morgan fingerprint density at radius 2 is 1.75 bits per heavy atom. The summed E-state index contributed by atoms with van der Waals surface area (Å²) in [5, 5.41) is 0. The molecule has 0 bridgehead atoms. The number of rotatable bonds is 3. The topological polar surface area (TPSA) is 23.6 Å². The number of benzene rings is 1. The van der Waals surface area contributed by atoms with Crippen LogP contribution in [0.1, 0.15) is 38.8 Å². The predicted molar refractivity (Wildman–Crippen MR) is 83.0 cm³/mol. The van der Waals surface area contributed by atoms with Gasteiger partial charge in [0.25, 0.3) is 5.91 Å². The molecule has 0 N–H and O–H groups in total. The molecule has 0 radical (unpaired) electrons. The van der Waals surface area contributed by atoms with Gasteiger partial charge in [-0.25, -0.2) is 0 Å². The molecule has 0 spiro atoms. The molecule has 0 saturated heterocycles. The van der Waals surface area contributed by atoms with E-state index >= 15 is 0 Å². The van der Waals surface area contributed by atoms with Gasteiger partial charge in [-0.2, -0.15) is 0 Å². The maximum atomic E-state index is 12.9. The van der Waals surface area contributed by atoms with Gasteiger partial charge in [0.1, 0.15) is 0 Å². The van der Waals surface area contributed by atoms with Gasteiger partial charge in [-0.3, -0.25) is 4.79 Å². The van der Waals surface area contributed by atoms with Crippen molar-refractivity contribution in [3.63, 3.8) is 0 Å². The van der Waals surface area contributed by atoms with Crippen LogP contribution < -0.4 is 0 Å². The second kappa shape index (κ2) is 5.70. The lowest BCUT2D eigenvalue weighted by Crippen LogP contribution is -2.43. The van der Waals surface area contributed by atoms with Crippen molar-refractivity contribution in [2.75, 3.05) is 7.05 Å². The van der Waals surface area contributed by atoms with Crippen LogP contribution in [-0.4, -0.2) is 34.8 Å². The molecule has 3 heteroatoms. The molecule has 1 aromatic rings. The second-order valence-electron chi connectivity index (χ2n) is 6.01. The summed E-state index contributed by atoms with van der Waals surface area (Å²) < 4.78 is 0. The van der Waals surface area contributed by atoms with E-state index in [1.54, 1.807) is 0 Å². The smallest absolute Gasteiger partial charge is 0.256 e. The van der Waals surface area contributed by atoms with Crippen molar-refractivity contribution in [2.45, 2.75) is 46.3 Å². The van der Waals surface area contributed by atoms with Crippen molar-refractivity contribution < 1.29 is 4.79 Å². The Morgan fingerprint density at radius 3 is 2.35 bits per heavy atom. The fraction of sp³-hybridized carbons (Fsp3) is 0.471. The molecule has 3 nitrogen and oxygen atoms in total. The van der Waals surface area contributed by atoms with Crippen LogP contribution in [0.2, 0.25) is 0 Å². The monoisotopic (exact) mass is 272 g/mol. The molecule has 0 atom stereocenters.